The molecule has 0 radical (unpaired) electrons. The number of nitrogens with one attached hydrogen (secondary N) is 2. The van der Waals surface area contributed by atoms with Gasteiger partial charge in [-0.05, 0) is 24.3 Å². The number of aromatic nitrogens is 3. The number of anilines is 4. The van der Waals surface area contributed by atoms with E-state index < -0.39 is 0 Å². The monoisotopic (exact) mass is 381 g/mol. The van der Waals surface area contributed by atoms with E-state index in [0.717, 1.165) is 27.8 Å². The highest BCUT2D eigenvalue weighted by Gasteiger charge is 2.08. The molecule has 0 amide bonds. The first kappa shape index (κ1) is 16.5. The van der Waals surface area contributed by atoms with Gasteiger partial charge in [0.25, 0.3) is 0 Å². The average Bonchev–Trinajstić information content (AvgIpc) is 3.33. The molecule has 0 unspecified atom stereocenters. The first-order chi connectivity index (χ1) is 12.8. The Bertz CT molecular complexity index is 982. The summed E-state index contributed by atoms with van der Waals surface area (Å²) in [6.07, 6.45) is 0. The van der Waals surface area contributed by atoms with E-state index in [2.05, 4.69) is 25.8 Å². The second-order valence-electron chi connectivity index (χ2n) is 5.29. The van der Waals surface area contributed by atoms with Gasteiger partial charge in [-0.2, -0.15) is 0 Å². The first-order valence-electron chi connectivity index (χ1n) is 7.83. The lowest BCUT2D eigenvalue weighted by Gasteiger charge is -2.03. The SMILES string of the molecule is COc1ccc(Nc2nnc(Nc3nc(-c4ccccc4)cs3)s2)cc1. The number of methoxy groups -OCH3 is 1. The molecule has 4 rings (SSSR count). The van der Waals surface area contributed by atoms with Crippen LogP contribution in [-0.4, -0.2) is 22.3 Å². The Hall–Kier alpha value is -2.97. The maximum absolute atomic E-state index is 5.15. The van der Waals surface area contributed by atoms with Gasteiger partial charge in [-0.25, -0.2) is 4.98 Å². The molecular formula is C18H15N5OS2. The minimum absolute atomic E-state index is 0.690. The number of nitrogens with zero attached hydrogens (tertiary/aromatic N) is 3. The normalized spacial score (nSPS) is 10.5. The third-order valence-corrected chi connectivity index (χ3v) is 5.07. The van der Waals surface area contributed by atoms with Crippen molar-refractivity contribution >= 4 is 43.8 Å². The van der Waals surface area contributed by atoms with Gasteiger partial charge < -0.3 is 15.4 Å². The van der Waals surface area contributed by atoms with E-state index in [-0.39, 0.29) is 0 Å². The molecule has 0 bridgehead atoms. The molecule has 130 valence electrons. The molecule has 0 atom stereocenters. The van der Waals surface area contributed by atoms with Crippen molar-refractivity contribution in [2.45, 2.75) is 0 Å². The summed E-state index contributed by atoms with van der Waals surface area (Å²) in [7, 11) is 1.65. The fourth-order valence-electron chi connectivity index (χ4n) is 2.29. The summed E-state index contributed by atoms with van der Waals surface area (Å²) >= 11 is 2.97. The lowest BCUT2D eigenvalue weighted by molar-refractivity contribution is 0.415. The molecule has 0 aliphatic heterocycles. The van der Waals surface area contributed by atoms with Crippen LogP contribution in [-0.2, 0) is 0 Å². The molecule has 26 heavy (non-hydrogen) atoms. The van der Waals surface area contributed by atoms with Crippen LogP contribution in [0.25, 0.3) is 11.3 Å². The van der Waals surface area contributed by atoms with E-state index in [0.29, 0.717) is 10.3 Å². The van der Waals surface area contributed by atoms with E-state index in [1.54, 1.807) is 7.11 Å². The highest BCUT2D eigenvalue weighted by Crippen LogP contribution is 2.30. The highest BCUT2D eigenvalue weighted by molar-refractivity contribution is 7.19. The quantitative estimate of drug-likeness (QED) is 0.481. The molecule has 8 heteroatoms. The van der Waals surface area contributed by atoms with Crippen molar-refractivity contribution in [3.05, 3.63) is 60.0 Å². The van der Waals surface area contributed by atoms with E-state index in [4.69, 9.17) is 4.74 Å². The van der Waals surface area contributed by atoms with E-state index in [9.17, 15) is 0 Å². The second-order valence-corrected chi connectivity index (χ2v) is 7.13. The average molecular weight is 381 g/mol. The number of thiazole rings is 1. The number of rotatable bonds is 6. The molecular weight excluding hydrogens is 366 g/mol. The zero-order valence-corrected chi connectivity index (χ0v) is 15.5. The molecule has 2 N–H and O–H groups in total. The topological polar surface area (TPSA) is 72.0 Å². The van der Waals surface area contributed by atoms with Gasteiger partial charge >= 0.3 is 0 Å². The van der Waals surface area contributed by atoms with Crippen LogP contribution in [0.15, 0.2) is 60.0 Å². The van der Waals surface area contributed by atoms with Crippen molar-refractivity contribution in [1.29, 1.82) is 0 Å². The van der Waals surface area contributed by atoms with Gasteiger partial charge in [-0.1, -0.05) is 41.7 Å². The Morgan fingerprint density at radius 1 is 0.846 bits per heavy atom. The molecule has 0 saturated heterocycles. The summed E-state index contributed by atoms with van der Waals surface area (Å²) in [5, 5.41) is 19.0. The van der Waals surface area contributed by atoms with Crippen molar-refractivity contribution in [1.82, 2.24) is 15.2 Å². The van der Waals surface area contributed by atoms with Crippen LogP contribution in [0.4, 0.5) is 21.1 Å². The summed E-state index contributed by atoms with van der Waals surface area (Å²) in [6, 6.07) is 17.7. The fraction of sp³-hybridized carbons (Fsp3) is 0.0556. The number of benzene rings is 2. The zero-order valence-electron chi connectivity index (χ0n) is 13.8. The largest absolute Gasteiger partial charge is 0.497 e. The van der Waals surface area contributed by atoms with Crippen molar-refractivity contribution in [2.75, 3.05) is 17.7 Å². The van der Waals surface area contributed by atoms with Crippen LogP contribution >= 0.6 is 22.7 Å². The Labute approximate surface area is 158 Å². The summed E-state index contributed by atoms with van der Waals surface area (Å²) in [4.78, 5) is 4.60. The minimum Gasteiger partial charge on any atom is -0.497 e. The number of hydrogen-bond donors (Lipinski definition) is 2. The molecule has 0 aliphatic carbocycles. The molecule has 0 fully saturated rings. The molecule has 0 aliphatic rings. The van der Waals surface area contributed by atoms with Crippen LogP contribution in [0.2, 0.25) is 0 Å². The molecule has 0 spiro atoms. The van der Waals surface area contributed by atoms with Gasteiger partial charge in [0.1, 0.15) is 5.75 Å². The van der Waals surface area contributed by atoms with E-state index >= 15 is 0 Å². The molecule has 2 aromatic heterocycles. The van der Waals surface area contributed by atoms with Crippen LogP contribution in [0, 0.1) is 0 Å². The van der Waals surface area contributed by atoms with E-state index in [1.165, 1.54) is 22.7 Å². The fourth-order valence-corrected chi connectivity index (χ4v) is 3.73. The summed E-state index contributed by atoms with van der Waals surface area (Å²) in [5.74, 6) is 0.813. The van der Waals surface area contributed by atoms with Gasteiger partial charge in [0.15, 0.2) is 5.13 Å². The lowest BCUT2D eigenvalue weighted by atomic mass is 10.2. The van der Waals surface area contributed by atoms with Gasteiger partial charge in [-0.15, -0.1) is 21.5 Å². The molecule has 2 heterocycles. The van der Waals surface area contributed by atoms with Crippen LogP contribution in [0.1, 0.15) is 0 Å². The third-order valence-electron chi connectivity index (χ3n) is 3.55. The van der Waals surface area contributed by atoms with E-state index in [1.807, 2.05) is 60.0 Å². The first-order valence-corrected chi connectivity index (χ1v) is 9.52. The Morgan fingerprint density at radius 3 is 2.31 bits per heavy atom. The summed E-state index contributed by atoms with van der Waals surface area (Å²) in [5.41, 5.74) is 2.96. The van der Waals surface area contributed by atoms with Gasteiger partial charge in [0.05, 0.1) is 12.8 Å². The molecule has 2 aromatic carbocycles. The Balaban J connectivity index is 1.43. The van der Waals surface area contributed by atoms with Crippen LogP contribution in [0.5, 0.6) is 5.75 Å². The van der Waals surface area contributed by atoms with Gasteiger partial charge in [0.2, 0.25) is 10.3 Å². The van der Waals surface area contributed by atoms with Gasteiger partial charge in [0, 0.05) is 16.6 Å². The smallest absolute Gasteiger partial charge is 0.213 e. The Morgan fingerprint density at radius 2 is 1.58 bits per heavy atom. The summed E-state index contributed by atoms with van der Waals surface area (Å²) < 4.78 is 5.15. The minimum atomic E-state index is 0.690. The molecule has 0 saturated carbocycles. The standard InChI is InChI=1S/C18H15N5OS2/c1-24-14-9-7-13(8-10-14)19-17-22-23-18(26-17)21-16-20-15(11-25-16)12-5-3-2-4-6-12/h2-11H,1H3,(H,19,22)(H,20,21,23). The maximum atomic E-state index is 5.15. The summed E-state index contributed by atoms with van der Waals surface area (Å²) in [6.45, 7) is 0. The Kier molecular flexibility index (Phi) is 4.76. The number of ether oxygens (including phenoxy) is 1. The van der Waals surface area contributed by atoms with Crippen LogP contribution in [0.3, 0.4) is 0 Å². The van der Waals surface area contributed by atoms with Gasteiger partial charge in [-0.3, -0.25) is 0 Å². The predicted molar refractivity (Wildman–Crippen MR) is 107 cm³/mol. The second kappa shape index (κ2) is 7.51. The lowest BCUT2D eigenvalue weighted by Crippen LogP contribution is -1.89. The zero-order chi connectivity index (χ0) is 17.8. The maximum Gasteiger partial charge on any atom is 0.213 e. The van der Waals surface area contributed by atoms with Crippen molar-refractivity contribution in [3.8, 4) is 17.0 Å². The number of hydrogen-bond acceptors (Lipinski definition) is 8. The highest BCUT2D eigenvalue weighted by atomic mass is 32.1. The van der Waals surface area contributed by atoms with Crippen LogP contribution < -0.4 is 15.4 Å². The van der Waals surface area contributed by atoms with Crippen molar-refractivity contribution in [2.24, 2.45) is 0 Å². The van der Waals surface area contributed by atoms with Crippen molar-refractivity contribution in [3.63, 3.8) is 0 Å². The van der Waals surface area contributed by atoms with Crippen molar-refractivity contribution < 1.29 is 4.74 Å². The molecule has 6 nitrogen and oxygen atoms in total. The molecule has 4 aromatic rings. The third kappa shape index (κ3) is 3.81. The predicted octanol–water partition coefficient (Wildman–Crippen LogP) is 5.16.